The second kappa shape index (κ2) is 6.17. The number of carbonyl (C=O) groups excluding carboxylic acids is 1. The molecule has 0 aliphatic heterocycles. The van der Waals surface area contributed by atoms with Gasteiger partial charge in [-0.15, -0.1) is 0 Å². The minimum Gasteiger partial charge on any atom is -0.392 e. The van der Waals surface area contributed by atoms with E-state index in [1.54, 1.807) is 6.07 Å². The van der Waals surface area contributed by atoms with Crippen molar-refractivity contribution in [2.45, 2.75) is 38.7 Å². The van der Waals surface area contributed by atoms with Crippen LogP contribution in [-0.2, 0) is 11.4 Å². The highest BCUT2D eigenvalue weighted by atomic mass is 16.3. The summed E-state index contributed by atoms with van der Waals surface area (Å²) in [6.07, 6.45) is 5.07. The van der Waals surface area contributed by atoms with E-state index >= 15 is 0 Å². The van der Waals surface area contributed by atoms with Gasteiger partial charge in [-0.1, -0.05) is 31.4 Å². The molecule has 1 fully saturated rings. The van der Waals surface area contributed by atoms with Gasteiger partial charge in [0.25, 0.3) is 0 Å². The predicted octanol–water partition coefficient (Wildman–Crippen LogP) is 2.03. The van der Waals surface area contributed by atoms with Crippen molar-refractivity contribution in [1.82, 2.24) is 0 Å². The summed E-state index contributed by atoms with van der Waals surface area (Å²) >= 11 is 0. The van der Waals surface area contributed by atoms with Gasteiger partial charge >= 0.3 is 0 Å². The Labute approximate surface area is 114 Å². The third-order valence-corrected chi connectivity index (χ3v) is 4.05. The molecule has 4 N–H and O–H groups in total. The summed E-state index contributed by atoms with van der Waals surface area (Å²) in [6.45, 7) is 0.379. The van der Waals surface area contributed by atoms with E-state index < -0.39 is 5.41 Å². The summed E-state index contributed by atoms with van der Waals surface area (Å²) in [6, 6.07) is 7.29. The van der Waals surface area contributed by atoms with Gasteiger partial charge in [-0.25, -0.2) is 0 Å². The Kier molecular flexibility index (Phi) is 4.56. The van der Waals surface area contributed by atoms with Gasteiger partial charge in [-0.3, -0.25) is 4.79 Å². The molecule has 1 aromatic carbocycles. The molecule has 2 rings (SSSR count). The highest BCUT2D eigenvalue weighted by Gasteiger charge is 2.38. The number of nitrogens with one attached hydrogen (secondary N) is 1. The minimum atomic E-state index is -0.409. The first-order valence-electron chi connectivity index (χ1n) is 6.91. The van der Waals surface area contributed by atoms with Gasteiger partial charge in [0.2, 0.25) is 5.91 Å². The molecule has 104 valence electrons. The van der Waals surface area contributed by atoms with Crippen LogP contribution >= 0.6 is 0 Å². The van der Waals surface area contributed by atoms with Crippen LogP contribution in [0.1, 0.15) is 37.7 Å². The summed E-state index contributed by atoms with van der Waals surface area (Å²) in [7, 11) is 0. The van der Waals surface area contributed by atoms with E-state index in [2.05, 4.69) is 5.32 Å². The first-order valence-corrected chi connectivity index (χ1v) is 6.91. The molecule has 1 aliphatic carbocycles. The topological polar surface area (TPSA) is 75.4 Å². The lowest BCUT2D eigenvalue weighted by Gasteiger charge is -2.34. The average Bonchev–Trinajstić information content (AvgIpc) is 2.48. The standard InChI is InChI=1S/C15H22N2O2/c16-11-15(7-2-1-3-8-15)14(19)17-13-6-4-5-12(9-13)10-18/h4-6,9,18H,1-3,7-8,10-11,16H2,(H,17,19). The van der Waals surface area contributed by atoms with Crippen molar-refractivity contribution < 1.29 is 9.90 Å². The van der Waals surface area contributed by atoms with E-state index in [1.165, 1.54) is 6.42 Å². The number of nitrogens with two attached hydrogens (primary N) is 1. The van der Waals surface area contributed by atoms with Gasteiger partial charge in [0.15, 0.2) is 0 Å². The van der Waals surface area contributed by atoms with Gasteiger partial charge in [0.05, 0.1) is 12.0 Å². The lowest BCUT2D eigenvalue weighted by molar-refractivity contribution is -0.126. The van der Waals surface area contributed by atoms with Crippen LogP contribution in [0.2, 0.25) is 0 Å². The molecule has 1 saturated carbocycles. The van der Waals surface area contributed by atoms with Crippen molar-refractivity contribution in [2.75, 3.05) is 11.9 Å². The van der Waals surface area contributed by atoms with Crippen LogP contribution in [0.4, 0.5) is 5.69 Å². The fraction of sp³-hybridized carbons (Fsp3) is 0.533. The van der Waals surface area contributed by atoms with E-state index in [0.717, 1.165) is 36.9 Å². The number of hydrogen-bond donors (Lipinski definition) is 3. The second-order valence-electron chi connectivity index (χ2n) is 5.36. The number of amides is 1. The first-order chi connectivity index (χ1) is 9.20. The zero-order valence-electron chi connectivity index (χ0n) is 11.2. The Morgan fingerprint density at radius 2 is 2.05 bits per heavy atom. The molecule has 19 heavy (non-hydrogen) atoms. The molecule has 0 saturated heterocycles. The summed E-state index contributed by atoms with van der Waals surface area (Å²) < 4.78 is 0. The van der Waals surface area contributed by atoms with Crippen molar-refractivity contribution in [2.24, 2.45) is 11.1 Å². The molecule has 1 aromatic rings. The molecule has 0 radical (unpaired) electrons. The Bertz CT molecular complexity index is 440. The van der Waals surface area contributed by atoms with Crippen molar-refractivity contribution in [3.05, 3.63) is 29.8 Å². The normalized spacial score (nSPS) is 18.0. The lowest BCUT2D eigenvalue weighted by atomic mass is 9.73. The first kappa shape index (κ1) is 14.0. The molecule has 0 atom stereocenters. The maximum atomic E-state index is 12.5. The third-order valence-electron chi connectivity index (χ3n) is 4.05. The third kappa shape index (κ3) is 3.14. The van der Waals surface area contributed by atoms with Crippen LogP contribution in [-0.4, -0.2) is 17.6 Å². The SMILES string of the molecule is NCC1(C(=O)Nc2cccc(CO)c2)CCCCC1. The monoisotopic (exact) mass is 262 g/mol. The van der Waals surface area contributed by atoms with E-state index in [-0.39, 0.29) is 12.5 Å². The predicted molar refractivity (Wildman–Crippen MR) is 75.6 cm³/mol. The van der Waals surface area contributed by atoms with E-state index in [1.807, 2.05) is 18.2 Å². The van der Waals surface area contributed by atoms with Crippen LogP contribution in [0.5, 0.6) is 0 Å². The zero-order valence-corrected chi connectivity index (χ0v) is 11.2. The minimum absolute atomic E-state index is 0.0183. The van der Waals surface area contributed by atoms with Crippen LogP contribution in [0, 0.1) is 5.41 Å². The number of hydrogen-bond acceptors (Lipinski definition) is 3. The Hall–Kier alpha value is -1.39. The second-order valence-corrected chi connectivity index (χ2v) is 5.36. The molecule has 0 unspecified atom stereocenters. The Morgan fingerprint density at radius 3 is 2.68 bits per heavy atom. The Balaban J connectivity index is 2.10. The maximum absolute atomic E-state index is 12.5. The Morgan fingerprint density at radius 1 is 1.32 bits per heavy atom. The van der Waals surface area contributed by atoms with Gasteiger partial charge in [0.1, 0.15) is 0 Å². The summed E-state index contributed by atoms with van der Waals surface area (Å²) in [4.78, 5) is 12.5. The summed E-state index contributed by atoms with van der Waals surface area (Å²) in [5.41, 5.74) is 6.96. The number of carbonyl (C=O) groups is 1. The number of benzene rings is 1. The average molecular weight is 262 g/mol. The fourth-order valence-electron chi connectivity index (χ4n) is 2.76. The van der Waals surface area contributed by atoms with Crippen LogP contribution in [0.3, 0.4) is 0 Å². The lowest BCUT2D eigenvalue weighted by Crippen LogP contribution is -2.43. The molecule has 0 bridgehead atoms. The zero-order chi connectivity index (χ0) is 13.7. The largest absolute Gasteiger partial charge is 0.392 e. The van der Waals surface area contributed by atoms with Crippen LogP contribution < -0.4 is 11.1 Å². The highest BCUT2D eigenvalue weighted by Crippen LogP contribution is 2.36. The van der Waals surface area contributed by atoms with Gasteiger partial charge in [-0.05, 0) is 30.5 Å². The molecule has 0 aromatic heterocycles. The number of aliphatic hydroxyl groups is 1. The molecule has 0 spiro atoms. The van der Waals surface area contributed by atoms with Gasteiger partial charge in [0, 0.05) is 12.2 Å². The van der Waals surface area contributed by atoms with Crippen LogP contribution in [0.25, 0.3) is 0 Å². The van der Waals surface area contributed by atoms with E-state index in [9.17, 15) is 4.79 Å². The maximum Gasteiger partial charge on any atom is 0.231 e. The van der Waals surface area contributed by atoms with E-state index in [4.69, 9.17) is 10.8 Å². The van der Waals surface area contributed by atoms with Crippen molar-refractivity contribution in [3.8, 4) is 0 Å². The van der Waals surface area contributed by atoms with E-state index in [0.29, 0.717) is 6.54 Å². The summed E-state index contributed by atoms with van der Waals surface area (Å²) in [5.74, 6) is 0.0183. The smallest absolute Gasteiger partial charge is 0.231 e. The van der Waals surface area contributed by atoms with Gasteiger partial charge < -0.3 is 16.2 Å². The van der Waals surface area contributed by atoms with Crippen LogP contribution in [0.15, 0.2) is 24.3 Å². The quantitative estimate of drug-likeness (QED) is 0.777. The molecule has 1 aliphatic rings. The molecule has 4 nitrogen and oxygen atoms in total. The number of aliphatic hydroxyl groups excluding tert-OH is 1. The highest BCUT2D eigenvalue weighted by molar-refractivity contribution is 5.95. The molecule has 1 amide bonds. The number of rotatable bonds is 4. The molecular formula is C15H22N2O2. The molecule has 4 heteroatoms. The number of anilines is 1. The van der Waals surface area contributed by atoms with Crippen molar-refractivity contribution in [3.63, 3.8) is 0 Å². The molecular weight excluding hydrogens is 240 g/mol. The van der Waals surface area contributed by atoms with Gasteiger partial charge in [-0.2, -0.15) is 0 Å². The molecule has 0 heterocycles. The summed E-state index contributed by atoms with van der Waals surface area (Å²) in [5, 5.41) is 12.1. The van der Waals surface area contributed by atoms with Crippen molar-refractivity contribution in [1.29, 1.82) is 0 Å². The fourth-order valence-corrected chi connectivity index (χ4v) is 2.76. The van der Waals surface area contributed by atoms with Crippen molar-refractivity contribution >= 4 is 11.6 Å².